The predicted molar refractivity (Wildman–Crippen MR) is 80.1 cm³/mol. The molecule has 2 rings (SSSR count). The maximum atomic E-state index is 8.80. The predicted octanol–water partition coefficient (Wildman–Crippen LogP) is 2.66. The van der Waals surface area contributed by atoms with Gasteiger partial charge in [-0.2, -0.15) is 0 Å². The summed E-state index contributed by atoms with van der Waals surface area (Å²) in [5.41, 5.74) is 9.83. The van der Waals surface area contributed by atoms with Crippen LogP contribution in [-0.4, -0.2) is 44.9 Å². The fraction of sp³-hybridized carbons (Fsp3) is 0.600. The molecule has 1 aliphatic rings. The molecule has 0 spiro atoms. The van der Waals surface area contributed by atoms with Crippen LogP contribution in [0.2, 0.25) is 0 Å². The van der Waals surface area contributed by atoms with Gasteiger partial charge in [0.15, 0.2) is 6.29 Å². The minimum atomic E-state index is -0.564. The average molecular weight is 307 g/mol. The van der Waals surface area contributed by atoms with Crippen molar-refractivity contribution in [3.05, 3.63) is 46.3 Å². The van der Waals surface area contributed by atoms with Gasteiger partial charge in [0, 0.05) is 19.1 Å². The lowest BCUT2D eigenvalue weighted by molar-refractivity contribution is -0.275. The highest BCUT2D eigenvalue weighted by Gasteiger charge is 2.45. The van der Waals surface area contributed by atoms with Crippen LogP contribution in [0, 0.1) is 0 Å². The molecule has 1 fully saturated rings. The van der Waals surface area contributed by atoms with Crippen molar-refractivity contribution in [2.45, 2.75) is 44.2 Å². The van der Waals surface area contributed by atoms with Gasteiger partial charge >= 0.3 is 0 Å². The molecule has 22 heavy (non-hydrogen) atoms. The van der Waals surface area contributed by atoms with Crippen LogP contribution >= 0.6 is 0 Å². The molecule has 0 aliphatic carbocycles. The standard InChI is InChI=1S/C15H21N3O4/c1-10-12(17-18-16)13(14(19-2)15(20-3)22-10)21-9-11-7-5-4-6-8-11/h4-8,10,12-15H,9H2,1-3H3/t10-,12+,13-,14+,15-/m0/s1. The lowest BCUT2D eigenvalue weighted by Crippen LogP contribution is -2.58. The van der Waals surface area contributed by atoms with Gasteiger partial charge in [0.1, 0.15) is 12.2 Å². The second-order valence-electron chi connectivity index (χ2n) is 5.10. The Morgan fingerprint density at radius 3 is 2.50 bits per heavy atom. The molecule has 0 unspecified atom stereocenters. The van der Waals surface area contributed by atoms with E-state index in [4.69, 9.17) is 24.5 Å². The van der Waals surface area contributed by atoms with Gasteiger partial charge in [-0.25, -0.2) is 0 Å². The van der Waals surface area contributed by atoms with Crippen LogP contribution < -0.4 is 0 Å². The number of methoxy groups -OCH3 is 2. The summed E-state index contributed by atoms with van der Waals surface area (Å²) < 4.78 is 22.5. The second-order valence-corrected chi connectivity index (χ2v) is 5.10. The third kappa shape index (κ3) is 3.76. The molecule has 1 aromatic rings. The van der Waals surface area contributed by atoms with E-state index in [1.807, 2.05) is 37.3 Å². The van der Waals surface area contributed by atoms with Crippen molar-refractivity contribution >= 4 is 0 Å². The summed E-state index contributed by atoms with van der Waals surface area (Å²) in [6.45, 7) is 2.22. The number of hydrogen-bond donors (Lipinski definition) is 0. The number of rotatable bonds is 6. The molecule has 0 bridgehead atoms. The highest BCUT2D eigenvalue weighted by atomic mass is 16.7. The van der Waals surface area contributed by atoms with Crippen molar-refractivity contribution in [2.24, 2.45) is 5.11 Å². The first-order valence-corrected chi connectivity index (χ1v) is 7.12. The van der Waals surface area contributed by atoms with Crippen LogP contribution in [0.5, 0.6) is 0 Å². The van der Waals surface area contributed by atoms with Crippen molar-refractivity contribution in [1.82, 2.24) is 0 Å². The molecule has 1 heterocycles. The summed E-state index contributed by atoms with van der Waals surface area (Å²) >= 11 is 0. The smallest absolute Gasteiger partial charge is 0.186 e. The molecule has 1 saturated heterocycles. The number of azide groups is 1. The molecule has 7 heteroatoms. The third-order valence-corrected chi connectivity index (χ3v) is 3.73. The van der Waals surface area contributed by atoms with E-state index in [-0.39, 0.29) is 6.10 Å². The first-order valence-electron chi connectivity index (χ1n) is 7.12. The summed E-state index contributed by atoms with van der Waals surface area (Å²) in [5.74, 6) is 0. The molecule has 0 radical (unpaired) electrons. The van der Waals surface area contributed by atoms with E-state index in [1.165, 1.54) is 0 Å². The van der Waals surface area contributed by atoms with E-state index in [9.17, 15) is 0 Å². The van der Waals surface area contributed by atoms with Crippen LogP contribution in [0.3, 0.4) is 0 Å². The number of ether oxygens (including phenoxy) is 4. The lowest BCUT2D eigenvalue weighted by atomic mass is 9.97. The zero-order valence-electron chi connectivity index (χ0n) is 13.0. The molecule has 7 nitrogen and oxygen atoms in total. The van der Waals surface area contributed by atoms with E-state index in [0.717, 1.165) is 5.56 Å². The van der Waals surface area contributed by atoms with Gasteiger partial charge < -0.3 is 18.9 Å². The average Bonchev–Trinajstić information content (AvgIpc) is 2.55. The summed E-state index contributed by atoms with van der Waals surface area (Å²) in [7, 11) is 3.10. The highest BCUT2D eigenvalue weighted by molar-refractivity contribution is 5.13. The van der Waals surface area contributed by atoms with E-state index in [2.05, 4.69) is 10.0 Å². The van der Waals surface area contributed by atoms with Gasteiger partial charge in [0.05, 0.1) is 18.8 Å². The quantitative estimate of drug-likeness (QED) is 0.459. The van der Waals surface area contributed by atoms with E-state index in [1.54, 1.807) is 14.2 Å². The minimum Gasteiger partial charge on any atom is -0.373 e. The first-order chi connectivity index (χ1) is 10.7. The molecule has 1 aliphatic heterocycles. The van der Waals surface area contributed by atoms with Gasteiger partial charge in [-0.15, -0.1) is 0 Å². The Morgan fingerprint density at radius 2 is 1.91 bits per heavy atom. The monoisotopic (exact) mass is 307 g/mol. The summed E-state index contributed by atoms with van der Waals surface area (Å²) in [4.78, 5) is 2.90. The molecule has 0 amide bonds. The van der Waals surface area contributed by atoms with Gasteiger partial charge in [-0.05, 0) is 18.0 Å². The topological polar surface area (TPSA) is 85.7 Å². The van der Waals surface area contributed by atoms with E-state index >= 15 is 0 Å². The molecule has 0 aromatic heterocycles. The molecule has 5 atom stereocenters. The minimum absolute atomic E-state index is 0.326. The zero-order valence-corrected chi connectivity index (χ0v) is 13.0. The second kappa shape index (κ2) is 8.12. The Labute approximate surface area is 129 Å². The Morgan fingerprint density at radius 1 is 1.18 bits per heavy atom. The SMILES string of the molecule is CO[C@H]1O[C@@H](C)[C@@H](N=[N+]=[N-])[C@H](OCc2ccccc2)[C@H]1OC. The zero-order chi connectivity index (χ0) is 15.9. The molecule has 120 valence electrons. The van der Waals surface area contributed by atoms with Crippen molar-refractivity contribution in [3.8, 4) is 0 Å². The van der Waals surface area contributed by atoms with E-state index in [0.29, 0.717) is 6.61 Å². The largest absolute Gasteiger partial charge is 0.373 e. The van der Waals surface area contributed by atoms with Crippen molar-refractivity contribution < 1.29 is 18.9 Å². The molecular formula is C15H21N3O4. The Hall–Kier alpha value is -1.63. The van der Waals surface area contributed by atoms with Crippen molar-refractivity contribution in [2.75, 3.05) is 14.2 Å². The van der Waals surface area contributed by atoms with Crippen LogP contribution in [-0.2, 0) is 25.6 Å². The normalized spacial score (nSPS) is 31.5. The van der Waals surface area contributed by atoms with Crippen molar-refractivity contribution in [1.29, 1.82) is 0 Å². The number of benzene rings is 1. The third-order valence-electron chi connectivity index (χ3n) is 3.73. The fourth-order valence-electron chi connectivity index (χ4n) is 2.60. The van der Waals surface area contributed by atoms with Gasteiger partial charge in [-0.3, -0.25) is 0 Å². The fourth-order valence-corrected chi connectivity index (χ4v) is 2.60. The van der Waals surface area contributed by atoms with Crippen LogP contribution in [0.25, 0.3) is 10.4 Å². The maximum Gasteiger partial charge on any atom is 0.186 e. The molecule has 0 N–H and O–H groups in total. The molecule has 1 aromatic carbocycles. The molecule has 0 saturated carbocycles. The number of nitrogens with zero attached hydrogens (tertiary/aromatic N) is 3. The van der Waals surface area contributed by atoms with Gasteiger partial charge in [0.2, 0.25) is 0 Å². The van der Waals surface area contributed by atoms with Crippen molar-refractivity contribution in [3.63, 3.8) is 0 Å². The maximum absolute atomic E-state index is 8.80. The van der Waals surface area contributed by atoms with E-state index < -0.39 is 24.5 Å². The summed E-state index contributed by atoms with van der Waals surface area (Å²) in [5, 5.41) is 3.82. The lowest BCUT2D eigenvalue weighted by Gasteiger charge is -2.42. The Bertz CT molecular complexity index is 507. The first kappa shape index (κ1) is 16.7. The highest BCUT2D eigenvalue weighted by Crippen LogP contribution is 2.28. The summed E-state index contributed by atoms with van der Waals surface area (Å²) in [6.07, 6.45) is -1.81. The van der Waals surface area contributed by atoms with Gasteiger partial charge in [-0.1, -0.05) is 35.4 Å². The molecular weight excluding hydrogens is 286 g/mol. The Kier molecular flexibility index (Phi) is 6.18. The van der Waals surface area contributed by atoms with Gasteiger partial charge in [0.25, 0.3) is 0 Å². The van der Waals surface area contributed by atoms with Crippen LogP contribution in [0.1, 0.15) is 12.5 Å². The number of hydrogen-bond acceptors (Lipinski definition) is 5. The summed E-state index contributed by atoms with van der Waals surface area (Å²) in [6, 6.07) is 9.30. The van der Waals surface area contributed by atoms with Crippen LogP contribution in [0.4, 0.5) is 0 Å². The van der Waals surface area contributed by atoms with Crippen LogP contribution in [0.15, 0.2) is 35.4 Å². The Balaban J connectivity index is 2.17.